The van der Waals surface area contributed by atoms with Crippen LogP contribution < -0.4 is 10.7 Å². The molecule has 4 aromatic carbocycles. The van der Waals surface area contributed by atoms with E-state index in [0.717, 1.165) is 10.7 Å². The summed E-state index contributed by atoms with van der Waals surface area (Å²) in [5, 5.41) is 4.77. The SMILES string of the molecule is c1ccc(C2N=c3ccc4c5c(ccc2c35)=NC4c2ccccc2)cc1. The summed E-state index contributed by atoms with van der Waals surface area (Å²) in [4.78, 5) is 10.1. The molecule has 0 saturated carbocycles. The molecule has 2 aliphatic rings. The maximum atomic E-state index is 5.03. The van der Waals surface area contributed by atoms with E-state index in [-0.39, 0.29) is 12.1 Å². The van der Waals surface area contributed by atoms with Gasteiger partial charge in [0.05, 0.1) is 10.7 Å². The first kappa shape index (κ1) is 14.0. The lowest BCUT2D eigenvalue weighted by Crippen LogP contribution is -2.06. The van der Waals surface area contributed by atoms with Crippen molar-refractivity contribution < 1.29 is 0 Å². The van der Waals surface area contributed by atoms with E-state index >= 15 is 0 Å². The van der Waals surface area contributed by atoms with E-state index in [1.54, 1.807) is 0 Å². The summed E-state index contributed by atoms with van der Waals surface area (Å²) in [6.45, 7) is 0. The summed E-state index contributed by atoms with van der Waals surface area (Å²) in [5.74, 6) is 0. The van der Waals surface area contributed by atoms with Crippen molar-refractivity contribution in [3.63, 3.8) is 0 Å². The molecule has 4 aromatic rings. The van der Waals surface area contributed by atoms with Gasteiger partial charge in [0.1, 0.15) is 12.1 Å². The molecule has 2 aliphatic heterocycles. The van der Waals surface area contributed by atoms with Gasteiger partial charge in [0, 0.05) is 10.8 Å². The zero-order valence-corrected chi connectivity index (χ0v) is 14.1. The van der Waals surface area contributed by atoms with E-state index in [1.165, 1.54) is 33.0 Å². The van der Waals surface area contributed by atoms with Gasteiger partial charge < -0.3 is 0 Å². The molecule has 2 nitrogen and oxygen atoms in total. The smallest absolute Gasteiger partial charge is 0.101 e. The Hall–Kier alpha value is -3.26. The zero-order chi connectivity index (χ0) is 17.1. The van der Waals surface area contributed by atoms with Gasteiger partial charge in [0.15, 0.2) is 0 Å². The fraction of sp³-hybridized carbons (Fsp3) is 0.0833. The van der Waals surface area contributed by atoms with Crippen LogP contribution in [0.2, 0.25) is 0 Å². The van der Waals surface area contributed by atoms with Crippen molar-refractivity contribution in [3.05, 3.63) is 118 Å². The summed E-state index contributed by atoms with van der Waals surface area (Å²) in [5.41, 5.74) is 5.09. The number of hydrogen-bond donors (Lipinski definition) is 0. The number of benzene rings is 4. The van der Waals surface area contributed by atoms with Crippen LogP contribution in [-0.2, 0) is 0 Å². The van der Waals surface area contributed by atoms with Crippen LogP contribution in [0.1, 0.15) is 34.3 Å². The topological polar surface area (TPSA) is 24.7 Å². The fourth-order valence-corrected chi connectivity index (χ4v) is 4.38. The van der Waals surface area contributed by atoms with Crippen LogP contribution in [-0.4, -0.2) is 0 Å². The molecule has 0 aromatic heterocycles. The molecular weight excluding hydrogens is 316 g/mol. The highest BCUT2D eigenvalue weighted by molar-refractivity contribution is 5.91. The Balaban J connectivity index is 1.62. The molecule has 0 saturated heterocycles. The Morgan fingerprint density at radius 3 is 1.31 bits per heavy atom. The molecule has 2 unspecified atom stereocenters. The molecule has 122 valence electrons. The molecule has 26 heavy (non-hydrogen) atoms. The summed E-state index contributed by atoms with van der Waals surface area (Å²) in [6.07, 6.45) is 0. The monoisotopic (exact) mass is 332 g/mol. The van der Waals surface area contributed by atoms with Crippen molar-refractivity contribution in [1.82, 2.24) is 0 Å². The molecule has 0 spiro atoms. The maximum Gasteiger partial charge on any atom is 0.101 e. The lowest BCUT2D eigenvalue weighted by Gasteiger charge is -2.11. The van der Waals surface area contributed by atoms with Crippen LogP contribution in [0.5, 0.6) is 0 Å². The minimum absolute atomic E-state index is 0.0891. The standard InChI is InChI=1S/C24H16N2/c1-3-7-15(8-4-1)23-17-11-13-20-22-18(12-14-19(25-23)21(17)22)24(26-20)16-9-5-2-6-10-16/h1-14,23-24H. The number of hydrogen-bond acceptors (Lipinski definition) is 2. The molecule has 6 rings (SSSR count). The summed E-state index contributed by atoms with van der Waals surface area (Å²) in [6, 6.07) is 30.1. The van der Waals surface area contributed by atoms with E-state index in [0.29, 0.717) is 0 Å². The maximum absolute atomic E-state index is 5.03. The Morgan fingerprint density at radius 2 is 0.885 bits per heavy atom. The second-order valence-electron chi connectivity index (χ2n) is 6.98. The molecule has 2 heteroatoms. The average molecular weight is 332 g/mol. The van der Waals surface area contributed by atoms with Gasteiger partial charge in [-0.1, -0.05) is 72.8 Å². The van der Waals surface area contributed by atoms with Gasteiger partial charge in [-0.3, -0.25) is 9.98 Å². The largest absolute Gasteiger partial charge is 0.272 e. The summed E-state index contributed by atoms with van der Waals surface area (Å²) < 4.78 is 0. The molecular formula is C24H16N2. The molecule has 0 N–H and O–H groups in total. The fourth-order valence-electron chi connectivity index (χ4n) is 4.38. The van der Waals surface area contributed by atoms with Crippen molar-refractivity contribution >= 4 is 10.8 Å². The zero-order valence-electron chi connectivity index (χ0n) is 14.1. The molecule has 2 heterocycles. The van der Waals surface area contributed by atoms with Crippen LogP contribution in [0, 0.1) is 0 Å². The highest BCUT2D eigenvalue weighted by Gasteiger charge is 2.28. The van der Waals surface area contributed by atoms with Crippen LogP contribution in [0.25, 0.3) is 10.8 Å². The third kappa shape index (κ3) is 1.81. The average Bonchev–Trinajstić information content (AvgIpc) is 3.27. The van der Waals surface area contributed by atoms with Crippen LogP contribution in [0.4, 0.5) is 0 Å². The van der Waals surface area contributed by atoms with Crippen molar-refractivity contribution in [2.45, 2.75) is 12.1 Å². The molecule has 0 radical (unpaired) electrons. The highest BCUT2D eigenvalue weighted by atomic mass is 14.8. The van der Waals surface area contributed by atoms with Gasteiger partial charge in [0.2, 0.25) is 0 Å². The first-order chi connectivity index (χ1) is 12.9. The van der Waals surface area contributed by atoms with E-state index < -0.39 is 0 Å². The van der Waals surface area contributed by atoms with E-state index in [2.05, 4.69) is 84.9 Å². The van der Waals surface area contributed by atoms with Crippen molar-refractivity contribution in [3.8, 4) is 0 Å². The molecule has 0 amide bonds. The summed E-state index contributed by atoms with van der Waals surface area (Å²) >= 11 is 0. The Morgan fingerprint density at radius 1 is 0.462 bits per heavy atom. The minimum atomic E-state index is 0.0891. The molecule has 2 atom stereocenters. The van der Waals surface area contributed by atoms with Gasteiger partial charge in [-0.15, -0.1) is 0 Å². The first-order valence-electron chi connectivity index (χ1n) is 9.01. The molecule has 0 fully saturated rings. The predicted molar refractivity (Wildman–Crippen MR) is 103 cm³/mol. The predicted octanol–water partition coefficient (Wildman–Crippen LogP) is 4.29. The van der Waals surface area contributed by atoms with Crippen LogP contribution in [0.3, 0.4) is 0 Å². The van der Waals surface area contributed by atoms with Crippen molar-refractivity contribution in [1.29, 1.82) is 0 Å². The third-order valence-electron chi connectivity index (χ3n) is 5.54. The number of rotatable bonds is 2. The lowest BCUT2D eigenvalue weighted by molar-refractivity contribution is 0.868. The Kier molecular flexibility index (Phi) is 2.75. The van der Waals surface area contributed by atoms with Gasteiger partial charge in [-0.05, 0) is 34.4 Å². The second-order valence-corrected chi connectivity index (χ2v) is 6.98. The summed E-state index contributed by atoms with van der Waals surface area (Å²) in [7, 11) is 0. The van der Waals surface area contributed by atoms with Gasteiger partial charge in [-0.2, -0.15) is 0 Å². The van der Waals surface area contributed by atoms with Gasteiger partial charge in [-0.25, -0.2) is 0 Å². The third-order valence-corrected chi connectivity index (χ3v) is 5.54. The molecule has 0 bridgehead atoms. The normalized spacial score (nSPS) is 19.4. The van der Waals surface area contributed by atoms with Gasteiger partial charge >= 0.3 is 0 Å². The highest BCUT2D eigenvalue weighted by Crippen LogP contribution is 2.38. The van der Waals surface area contributed by atoms with Crippen LogP contribution >= 0.6 is 0 Å². The van der Waals surface area contributed by atoms with Gasteiger partial charge in [0.25, 0.3) is 0 Å². The Labute approximate surface area is 151 Å². The van der Waals surface area contributed by atoms with E-state index in [4.69, 9.17) is 9.98 Å². The van der Waals surface area contributed by atoms with E-state index in [1.807, 2.05) is 0 Å². The first-order valence-corrected chi connectivity index (χ1v) is 9.01. The second kappa shape index (κ2) is 5.12. The van der Waals surface area contributed by atoms with Crippen molar-refractivity contribution in [2.75, 3.05) is 0 Å². The van der Waals surface area contributed by atoms with E-state index in [9.17, 15) is 0 Å². The lowest BCUT2D eigenvalue weighted by atomic mass is 9.92. The minimum Gasteiger partial charge on any atom is -0.272 e. The molecule has 0 aliphatic carbocycles. The number of nitrogens with zero attached hydrogens (tertiary/aromatic N) is 2. The van der Waals surface area contributed by atoms with Crippen LogP contribution in [0.15, 0.2) is 94.9 Å². The van der Waals surface area contributed by atoms with Crippen molar-refractivity contribution in [2.24, 2.45) is 9.98 Å². The quantitative estimate of drug-likeness (QED) is 0.523. The Bertz CT molecular complexity index is 1170.